The number of fused-ring (bicyclic) bond motifs is 1. The van der Waals surface area contributed by atoms with E-state index in [4.69, 9.17) is 0 Å². The average Bonchev–Trinajstić information content (AvgIpc) is 2.39. The summed E-state index contributed by atoms with van der Waals surface area (Å²) in [6.07, 6.45) is 2.39. The monoisotopic (exact) mass is 287 g/mol. The Balaban J connectivity index is 2.02. The summed E-state index contributed by atoms with van der Waals surface area (Å²) in [5.74, 6) is 0. The Morgan fingerprint density at radius 3 is 2.41 bits per heavy atom. The van der Waals surface area contributed by atoms with Crippen LogP contribution in [-0.4, -0.2) is 13.9 Å². The topological polar surface area (TPSA) is 0 Å². The molecule has 0 N–H and O–H groups in total. The van der Waals surface area contributed by atoms with E-state index in [1.807, 2.05) is 0 Å². The molecule has 0 saturated heterocycles. The van der Waals surface area contributed by atoms with Gasteiger partial charge in [-0.2, -0.15) is 0 Å². The quantitative estimate of drug-likeness (QED) is 0.707. The van der Waals surface area contributed by atoms with Gasteiger partial charge in [-0.3, -0.25) is 0 Å². The van der Waals surface area contributed by atoms with Crippen molar-refractivity contribution in [3.05, 3.63) is 70.2 Å². The van der Waals surface area contributed by atoms with E-state index >= 15 is 0 Å². The van der Waals surface area contributed by atoms with Crippen molar-refractivity contribution in [3.8, 4) is 0 Å². The molecular weight excluding hydrogens is 271 g/mol. The molecule has 1 heterocycles. The molecule has 0 aliphatic carbocycles. The molecule has 2 aromatic carbocycles. The fraction of sp³-hybridized carbons (Fsp3) is 0.125. The molecule has 1 atom stereocenters. The van der Waals surface area contributed by atoms with Crippen molar-refractivity contribution >= 4 is 24.4 Å². The molecule has 0 amide bonds. The van der Waals surface area contributed by atoms with Crippen LogP contribution in [0, 0.1) is 0 Å². The summed E-state index contributed by atoms with van der Waals surface area (Å²) in [6, 6.07) is 19.8. The van der Waals surface area contributed by atoms with Crippen LogP contribution in [0.15, 0.2) is 59.1 Å². The van der Waals surface area contributed by atoms with Gasteiger partial charge in [-0.1, -0.05) is 0 Å². The Labute approximate surface area is 107 Å². The Morgan fingerprint density at radius 2 is 1.59 bits per heavy atom. The molecule has 0 aromatic heterocycles. The number of rotatable bonds is 1. The van der Waals surface area contributed by atoms with Gasteiger partial charge in [0.2, 0.25) is 0 Å². The Hall–Kier alpha value is -1.30. The molecule has 1 aliphatic rings. The predicted octanol–water partition coefficient (Wildman–Crippen LogP) is 3.13. The van der Waals surface area contributed by atoms with E-state index < -0.39 is 13.9 Å². The molecule has 0 bridgehead atoms. The third kappa shape index (κ3) is 2.09. The van der Waals surface area contributed by atoms with Crippen LogP contribution in [0.1, 0.15) is 18.1 Å². The van der Waals surface area contributed by atoms with Gasteiger partial charge >= 0.3 is 107 Å². The summed E-state index contributed by atoms with van der Waals surface area (Å²) < 4.78 is 3.14. The Morgan fingerprint density at radius 1 is 0.882 bits per heavy atom. The van der Waals surface area contributed by atoms with Gasteiger partial charge in [0.15, 0.2) is 0 Å². The van der Waals surface area contributed by atoms with Crippen molar-refractivity contribution in [3.63, 3.8) is 0 Å². The van der Waals surface area contributed by atoms with E-state index in [2.05, 4.69) is 67.6 Å². The predicted molar refractivity (Wildman–Crippen MR) is 75.6 cm³/mol. The molecule has 0 nitrogen and oxygen atoms in total. The van der Waals surface area contributed by atoms with Gasteiger partial charge in [-0.05, 0) is 0 Å². The summed E-state index contributed by atoms with van der Waals surface area (Å²) in [4.78, 5) is 0. The third-order valence-electron chi connectivity index (χ3n) is 3.13. The standard InChI is InChI=1S/C16H15Se/c1-13-11-14-7-5-6-8-15(14)12-17(13)16-9-3-2-4-10-16/h2-11H,12H2,1H3/q+1. The van der Waals surface area contributed by atoms with Crippen LogP contribution in [0.3, 0.4) is 0 Å². The molecule has 0 spiro atoms. The second-order valence-electron chi connectivity index (χ2n) is 4.30. The van der Waals surface area contributed by atoms with Gasteiger partial charge in [-0.25, -0.2) is 0 Å². The molecular formula is C16H15Se+. The van der Waals surface area contributed by atoms with Gasteiger partial charge in [0.1, 0.15) is 0 Å². The van der Waals surface area contributed by atoms with Gasteiger partial charge in [0, 0.05) is 0 Å². The SMILES string of the molecule is CC1=Cc2ccccc2C[Se+]1c1ccccc1. The maximum absolute atomic E-state index is 2.39. The second-order valence-corrected chi connectivity index (χ2v) is 8.89. The zero-order valence-electron chi connectivity index (χ0n) is 9.89. The first-order valence-electron chi connectivity index (χ1n) is 5.87. The zero-order chi connectivity index (χ0) is 11.7. The summed E-state index contributed by atoms with van der Waals surface area (Å²) >= 11 is -0.804. The molecule has 84 valence electrons. The van der Waals surface area contributed by atoms with E-state index in [1.54, 1.807) is 8.93 Å². The minimum atomic E-state index is -0.804. The molecule has 2 aromatic rings. The maximum atomic E-state index is 2.39. The Kier molecular flexibility index (Phi) is 2.88. The third-order valence-corrected chi connectivity index (χ3v) is 8.03. The first-order chi connectivity index (χ1) is 8.34. The van der Waals surface area contributed by atoms with Crippen LogP contribution in [0.5, 0.6) is 0 Å². The molecule has 0 radical (unpaired) electrons. The number of allylic oxidation sites excluding steroid dienone is 1. The molecule has 0 saturated carbocycles. The summed E-state index contributed by atoms with van der Waals surface area (Å²) in [7, 11) is 0. The van der Waals surface area contributed by atoms with E-state index in [1.165, 1.54) is 16.4 Å². The average molecular weight is 286 g/mol. The van der Waals surface area contributed by atoms with Crippen molar-refractivity contribution in [2.24, 2.45) is 0 Å². The summed E-state index contributed by atoms with van der Waals surface area (Å²) in [5, 5.41) is 1.25. The van der Waals surface area contributed by atoms with Gasteiger partial charge in [0.25, 0.3) is 0 Å². The molecule has 1 unspecified atom stereocenters. The molecule has 1 aliphatic heterocycles. The van der Waals surface area contributed by atoms with Crippen molar-refractivity contribution in [2.75, 3.05) is 0 Å². The number of benzene rings is 2. The number of hydrogen-bond acceptors (Lipinski definition) is 0. The molecule has 3 rings (SSSR count). The van der Waals surface area contributed by atoms with Crippen LogP contribution < -0.4 is 4.46 Å². The van der Waals surface area contributed by atoms with Gasteiger partial charge in [-0.15, -0.1) is 0 Å². The van der Waals surface area contributed by atoms with Crippen LogP contribution in [0.4, 0.5) is 0 Å². The number of hydrogen-bond donors (Lipinski definition) is 0. The van der Waals surface area contributed by atoms with E-state index in [-0.39, 0.29) is 0 Å². The first kappa shape index (κ1) is 10.8. The first-order valence-corrected chi connectivity index (χ1v) is 8.79. The molecule has 1 heteroatoms. The zero-order valence-corrected chi connectivity index (χ0v) is 11.6. The second kappa shape index (κ2) is 4.52. The summed E-state index contributed by atoms with van der Waals surface area (Å²) in [6.45, 7) is 2.30. The van der Waals surface area contributed by atoms with Crippen molar-refractivity contribution in [1.82, 2.24) is 0 Å². The van der Waals surface area contributed by atoms with E-state index in [9.17, 15) is 0 Å². The van der Waals surface area contributed by atoms with Crippen LogP contribution in [0.2, 0.25) is 0 Å². The minimum absolute atomic E-state index is 0.804. The fourth-order valence-electron chi connectivity index (χ4n) is 2.22. The van der Waals surface area contributed by atoms with Crippen molar-refractivity contribution in [1.29, 1.82) is 0 Å². The Bertz CT molecular complexity index is 555. The van der Waals surface area contributed by atoms with Crippen LogP contribution in [-0.2, 0) is 5.32 Å². The summed E-state index contributed by atoms with van der Waals surface area (Å²) in [5.41, 5.74) is 2.94. The van der Waals surface area contributed by atoms with Gasteiger partial charge < -0.3 is 0 Å². The normalized spacial score (nSPS) is 18.4. The van der Waals surface area contributed by atoms with E-state index in [0.29, 0.717) is 0 Å². The van der Waals surface area contributed by atoms with Crippen LogP contribution >= 0.6 is 0 Å². The van der Waals surface area contributed by atoms with Crippen molar-refractivity contribution < 1.29 is 0 Å². The molecule has 0 fully saturated rings. The molecule has 17 heavy (non-hydrogen) atoms. The van der Waals surface area contributed by atoms with E-state index in [0.717, 1.165) is 0 Å². The fourth-order valence-corrected chi connectivity index (χ4v) is 6.62. The van der Waals surface area contributed by atoms with Crippen LogP contribution in [0.25, 0.3) is 6.08 Å². The van der Waals surface area contributed by atoms with Gasteiger partial charge in [0.05, 0.1) is 0 Å². The van der Waals surface area contributed by atoms with Crippen molar-refractivity contribution in [2.45, 2.75) is 12.2 Å².